The number of amides is 1. The van der Waals surface area contributed by atoms with Crippen molar-refractivity contribution in [1.29, 1.82) is 0 Å². The van der Waals surface area contributed by atoms with Gasteiger partial charge in [-0.1, -0.05) is 127 Å². The number of carbonyl (C=O) groups is 2. The molecule has 0 saturated carbocycles. The third-order valence-electron chi connectivity index (χ3n) is 9.61. The van der Waals surface area contributed by atoms with Crippen LogP contribution in [0, 0.1) is 0 Å². The lowest BCUT2D eigenvalue weighted by Crippen LogP contribution is -2.60. The maximum atomic E-state index is 14.3. The van der Waals surface area contributed by atoms with Crippen LogP contribution in [0.15, 0.2) is 140 Å². The van der Waals surface area contributed by atoms with E-state index < -0.39 is 60.8 Å². The molecule has 0 fully saturated rings. The molecule has 0 saturated heterocycles. The Morgan fingerprint density at radius 1 is 0.581 bits per heavy atom. The Morgan fingerprint density at radius 2 is 1.03 bits per heavy atom. The van der Waals surface area contributed by atoms with Gasteiger partial charge in [0.05, 0.1) is 19.8 Å². The number of hydrazine groups is 1. The van der Waals surface area contributed by atoms with E-state index in [2.05, 4.69) is 10.9 Å². The van der Waals surface area contributed by atoms with Gasteiger partial charge in [-0.2, -0.15) is 0 Å². The Kier molecular flexibility index (Phi) is 17.9. The average molecular weight is 851 g/mol. The molecule has 5 aromatic carbocycles. The summed E-state index contributed by atoms with van der Waals surface area (Å²) in [6.45, 7) is 6.14. The van der Waals surface area contributed by atoms with Gasteiger partial charge >= 0.3 is 12.1 Å². The van der Waals surface area contributed by atoms with Crippen LogP contribution in [-0.2, 0) is 56.6 Å². The molecule has 0 aliphatic rings. The van der Waals surface area contributed by atoms with Crippen LogP contribution in [0.1, 0.15) is 55.5 Å². The Labute approximate surface area is 363 Å². The van der Waals surface area contributed by atoms with E-state index in [0.717, 1.165) is 22.3 Å². The van der Waals surface area contributed by atoms with Crippen LogP contribution in [-0.4, -0.2) is 76.2 Å². The van der Waals surface area contributed by atoms with Gasteiger partial charge < -0.3 is 43.7 Å². The number of nitrogens with one attached hydrogen (secondary N) is 2. The quantitative estimate of drug-likeness (QED) is 0.0353. The summed E-state index contributed by atoms with van der Waals surface area (Å²) in [6.07, 6.45) is -6.67. The number of benzene rings is 5. The molecule has 5 N–H and O–H groups in total. The zero-order valence-corrected chi connectivity index (χ0v) is 35.6. The molecule has 1 amide bonds. The molecule has 0 bridgehead atoms. The minimum absolute atomic E-state index is 0.00166. The normalized spacial score (nSPS) is 14.4. The largest absolute Gasteiger partial charge is 0.485 e. The smallest absolute Gasteiger partial charge is 0.422 e. The van der Waals surface area contributed by atoms with Gasteiger partial charge in [-0.05, 0) is 67.6 Å². The van der Waals surface area contributed by atoms with Crippen molar-refractivity contribution in [3.8, 4) is 11.5 Å². The average Bonchev–Trinajstić information content (AvgIpc) is 3.28. The topological polar surface area (TPSA) is 174 Å². The summed E-state index contributed by atoms with van der Waals surface area (Å²) in [6, 6.07) is 43.0. The van der Waals surface area contributed by atoms with Crippen LogP contribution < -0.4 is 20.3 Å². The minimum Gasteiger partial charge on any atom is -0.485 e. The highest BCUT2D eigenvalue weighted by atomic mass is 16.6. The highest BCUT2D eigenvalue weighted by molar-refractivity contribution is 5.81. The molecule has 62 heavy (non-hydrogen) atoms. The maximum Gasteiger partial charge on any atom is 0.422 e. The number of hydrogen-bond donors (Lipinski definition) is 5. The van der Waals surface area contributed by atoms with E-state index in [1.165, 1.54) is 0 Å². The van der Waals surface area contributed by atoms with Crippen LogP contribution in [0.4, 0.5) is 4.79 Å². The Morgan fingerprint density at radius 3 is 1.52 bits per heavy atom. The fourth-order valence-electron chi connectivity index (χ4n) is 6.25. The standard InChI is InChI=1S/C49H58N2O11/c1-48(2,3)62-47(56)50-51-49(4,28-39-25-26-40(57-30-35-17-9-5-10-18-35)41(27-39)58-31-36-19-11-6-12-20-36)46(55)61-34-43(60-33-38-23-15-8-16-24-38)45(54)44(53)42(29-52)59-32-37-21-13-7-14-22-37/h5-27,42-45,51-54H,28-34H2,1-4H3,(H,50,56)/t42-,43-,44-,45-,49?/m1/s1. The van der Waals surface area contributed by atoms with E-state index in [4.69, 9.17) is 28.4 Å². The van der Waals surface area contributed by atoms with Crippen LogP contribution in [0.5, 0.6) is 11.5 Å². The molecule has 0 spiro atoms. The van der Waals surface area contributed by atoms with Gasteiger partial charge in [-0.3, -0.25) is 5.43 Å². The number of esters is 1. The molecule has 5 atom stereocenters. The van der Waals surface area contributed by atoms with Gasteiger partial charge in [0, 0.05) is 6.42 Å². The van der Waals surface area contributed by atoms with Crippen molar-refractivity contribution in [3.05, 3.63) is 167 Å². The van der Waals surface area contributed by atoms with E-state index in [1.54, 1.807) is 45.9 Å². The van der Waals surface area contributed by atoms with Crippen molar-refractivity contribution < 1.29 is 53.3 Å². The number of aliphatic hydroxyl groups is 3. The summed E-state index contributed by atoms with van der Waals surface area (Å²) in [7, 11) is 0. The summed E-state index contributed by atoms with van der Waals surface area (Å²) in [5.41, 5.74) is 6.91. The lowest BCUT2D eigenvalue weighted by Gasteiger charge is -2.33. The van der Waals surface area contributed by atoms with Crippen molar-refractivity contribution in [2.24, 2.45) is 0 Å². The van der Waals surface area contributed by atoms with E-state index in [1.807, 2.05) is 121 Å². The predicted molar refractivity (Wildman–Crippen MR) is 233 cm³/mol. The summed E-state index contributed by atoms with van der Waals surface area (Å²) in [5.74, 6) is 0.0776. The lowest BCUT2D eigenvalue weighted by molar-refractivity contribution is -0.176. The lowest BCUT2D eigenvalue weighted by atomic mass is 9.93. The molecule has 0 aliphatic heterocycles. The molecule has 13 heteroatoms. The molecule has 5 aromatic rings. The monoisotopic (exact) mass is 850 g/mol. The first kappa shape index (κ1) is 47.3. The second-order valence-corrected chi connectivity index (χ2v) is 16.0. The fraction of sp³-hybridized carbons (Fsp3) is 0.347. The highest BCUT2D eigenvalue weighted by Crippen LogP contribution is 2.32. The van der Waals surface area contributed by atoms with Gasteiger partial charge in [0.15, 0.2) is 11.5 Å². The third-order valence-corrected chi connectivity index (χ3v) is 9.61. The van der Waals surface area contributed by atoms with Crippen molar-refractivity contribution in [1.82, 2.24) is 10.9 Å². The van der Waals surface area contributed by atoms with E-state index >= 15 is 0 Å². The number of aliphatic hydroxyl groups excluding tert-OH is 3. The molecule has 330 valence electrons. The highest BCUT2D eigenvalue weighted by Gasteiger charge is 2.39. The Balaban J connectivity index is 1.38. The molecule has 0 aromatic heterocycles. The number of ether oxygens (including phenoxy) is 6. The van der Waals surface area contributed by atoms with Gasteiger partial charge in [0.25, 0.3) is 0 Å². The van der Waals surface area contributed by atoms with E-state index in [-0.39, 0.29) is 26.2 Å². The Bertz CT molecular complexity index is 2090. The van der Waals surface area contributed by atoms with Crippen molar-refractivity contribution >= 4 is 12.1 Å². The predicted octanol–water partition coefficient (Wildman–Crippen LogP) is 6.60. The van der Waals surface area contributed by atoms with Crippen LogP contribution in [0.2, 0.25) is 0 Å². The van der Waals surface area contributed by atoms with Crippen LogP contribution in [0.3, 0.4) is 0 Å². The second kappa shape index (κ2) is 23.4. The van der Waals surface area contributed by atoms with Crippen LogP contribution in [0.25, 0.3) is 0 Å². The summed E-state index contributed by atoms with van der Waals surface area (Å²) < 4.78 is 35.7. The van der Waals surface area contributed by atoms with Crippen LogP contribution >= 0.6 is 0 Å². The first-order chi connectivity index (χ1) is 29.8. The molecular weight excluding hydrogens is 793 g/mol. The molecule has 0 heterocycles. The Hall–Kier alpha value is -5.80. The summed E-state index contributed by atoms with van der Waals surface area (Å²) >= 11 is 0. The first-order valence-corrected chi connectivity index (χ1v) is 20.5. The van der Waals surface area contributed by atoms with Gasteiger partial charge in [-0.25, -0.2) is 15.0 Å². The van der Waals surface area contributed by atoms with Gasteiger partial charge in [0.1, 0.15) is 55.4 Å². The molecule has 1 unspecified atom stereocenters. The molecule has 0 aliphatic carbocycles. The van der Waals surface area contributed by atoms with E-state index in [0.29, 0.717) is 23.7 Å². The molecule has 0 radical (unpaired) electrons. The van der Waals surface area contributed by atoms with Crippen molar-refractivity contribution in [3.63, 3.8) is 0 Å². The van der Waals surface area contributed by atoms with E-state index in [9.17, 15) is 24.9 Å². The molecule has 13 nitrogen and oxygen atoms in total. The van der Waals surface area contributed by atoms with Gasteiger partial charge in [-0.15, -0.1) is 0 Å². The zero-order valence-electron chi connectivity index (χ0n) is 35.6. The minimum atomic E-state index is -1.67. The SMILES string of the molecule is CC(C)(C)OC(=O)NNC(C)(Cc1ccc(OCc2ccccc2)c(OCc2ccccc2)c1)C(=O)OC[C@@H](OCc1ccccc1)[C@@H](O)[C@H](O)[C@@H](CO)OCc1ccccc1. The first-order valence-electron chi connectivity index (χ1n) is 20.5. The number of rotatable bonds is 23. The second-order valence-electron chi connectivity index (χ2n) is 16.0. The molecule has 5 rings (SSSR count). The summed E-state index contributed by atoms with van der Waals surface area (Å²) in [5, 5.41) is 33.0. The van der Waals surface area contributed by atoms with Crippen molar-refractivity contribution in [2.75, 3.05) is 13.2 Å². The van der Waals surface area contributed by atoms with Crippen molar-refractivity contribution in [2.45, 2.75) is 96.1 Å². The fourth-order valence-corrected chi connectivity index (χ4v) is 6.25. The maximum absolute atomic E-state index is 14.3. The zero-order chi connectivity index (χ0) is 44.4. The third kappa shape index (κ3) is 15.3. The summed E-state index contributed by atoms with van der Waals surface area (Å²) in [4.78, 5) is 27.2. The number of hydrogen-bond acceptors (Lipinski definition) is 12. The number of carbonyl (C=O) groups excluding carboxylic acids is 2. The van der Waals surface area contributed by atoms with Gasteiger partial charge in [0.2, 0.25) is 0 Å². The molecular formula is C49H58N2O11.